The molecule has 2 aliphatic carbocycles. The Morgan fingerprint density at radius 2 is 1.41 bits per heavy atom. The van der Waals surface area contributed by atoms with Gasteiger partial charge in [0.15, 0.2) is 0 Å². The van der Waals surface area contributed by atoms with E-state index in [0.717, 1.165) is 24.2 Å². The van der Waals surface area contributed by atoms with Gasteiger partial charge in [0.1, 0.15) is 0 Å². The SMILES string of the molecule is C=C(C)C(=O)OCC(CCc1ccc(C2CCC(C3CCC(CCCCCCC)CC3)CC2)cc1)COC(=O)C(=C)C(C)O. The number of aryl methyl sites for hydroxylation is 1. The van der Waals surface area contributed by atoms with Crippen LogP contribution in [0.25, 0.3) is 0 Å². The van der Waals surface area contributed by atoms with Gasteiger partial charge in [0, 0.05) is 11.5 Å². The van der Waals surface area contributed by atoms with Crippen LogP contribution in [0.4, 0.5) is 0 Å². The molecule has 5 nitrogen and oxygen atoms in total. The zero-order chi connectivity index (χ0) is 31.9. The first-order valence-corrected chi connectivity index (χ1v) is 17.6. The maximum atomic E-state index is 12.2. The summed E-state index contributed by atoms with van der Waals surface area (Å²) in [6.45, 7) is 12.9. The number of aliphatic hydroxyl groups excluding tert-OH is 1. The highest BCUT2D eigenvalue weighted by atomic mass is 16.5. The van der Waals surface area contributed by atoms with E-state index in [4.69, 9.17) is 9.47 Å². The number of hydrogen-bond acceptors (Lipinski definition) is 5. The number of benzene rings is 1. The van der Waals surface area contributed by atoms with Crippen molar-refractivity contribution < 1.29 is 24.2 Å². The van der Waals surface area contributed by atoms with Gasteiger partial charge < -0.3 is 14.6 Å². The second kappa shape index (κ2) is 19.2. The fourth-order valence-corrected chi connectivity index (χ4v) is 7.22. The molecule has 2 atom stereocenters. The molecule has 2 fully saturated rings. The third-order valence-corrected chi connectivity index (χ3v) is 10.4. The third-order valence-electron chi connectivity index (χ3n) is 10.4. The summed E-state index contributed by atoms with van der Waals surface area (Å²) < 4.78 is 10.8. The molecule has 2 saturated carbocycles. The number of rotatable bonds is 18. The minimum atomic E-state index is -0.967. The molecule has 44 heavy (non-hydrogen) atoms. The highest BCUT2D eigenvalue weighted by Gasteiger charge is 2.31. The van der Waals surface area contributed by atoms with Crippen molar-refractivity contribution in [2.24, 2.45) is 23.7 Å². The molecule has 0 aliphatic heterocycles. The van der Waals surface area contributed by atoms with E-state index in [1.54, 1.807) is 6.92 Å². The lowest BCUT2D eigenvalue weighted by Crippen LogP contribution is -2.25. The van der Waals surface area contributed by atoms with E-state index in [1.807, 2.05) is 0 Å². The monoisotopic (exact) mass is 608 g/mol. The molecule has 246 valence electrons. The highest BCUT2D eigenvalue weighted by Crippen LogP contribution is 2.44. The first-order chi connectivity index (χ1) is 21.2. The molecular formula is C39H60O5. The number of carbonyl (C=O) groups excluding carboxylic acids is 2. The summed E-state index contributed by atoms with van der Waals surface area (Å²) in [5, 5.41) is 9.61. The van der Waals surface area contributed by atoms with Crippen molar-refractivity contribution in [2.45, 2.75) is 136 Å². The lowest BCUT2D eigenvalue weighted by molar-refractivity contribution is -0.144. The largest absolute Gasteiger partial charge is 0.462 e. The van der Waals surface area contributed by atoms with Crippen LogP contribution in [0, 0.1) is 23.7 Å². The summed E-state index contributed by atoms with van der Waals surface area (Å²) in [5.74, 6) is 2.30. The van der Waals surface area contributed by atoms with Crippen molar-refractivity contribution in [3.63, 3.8) is 0 Å². The molecule has 0 saturated heterocycles. The Balaban J connectivity index is 1.41. The van der Waals surface area contributed by atoms with Crippen molar-refractivity contribution in [3.8, 4) is 0 Å². The Labute approximate surface area is 267 Å². The fraction of sp³-hybridized carbons (Fsp3) is 0.692. The second-order valence-electron chi connectivity index (χ2n) is 13.9. The average Bonchev–Trinajstić information content (AvgIpc) is 3.04. The molecule has 1 aromatic rings. The van der Waals surface area contributed by atoms with E-state index in [9.17, 15) is 14.7 Å². The Morgan fingerprint density at radius 3 is 1.98 bits per heavy atom. The van der Waals surface area contributed by atoms with Gasteiger partial charge in [0.05, 0.1) is 24.9 Å². The van der Waals surface area contributed by atoms with Crippen LogP contribution in [-0.2, 0) is 25.5 Å². The van der Waals surface area contributed by atoms with E-state index >= 15 is 0 Å². The van der Waals surface area contributed by atoms with Crippen LogP contribution in [0.5, 0.6) is 0 Å². The van der Waals surface area contributed by atoms with Gasteiger partial charge in [-0.3, -0.25) is 0 Å². The van der Waals surface area contributed by atoms with Crippen molar-refractivity contribution in [3.05, 3.63) is 59.7 Å². The van der Waals surface area contributed by atoms with Crippen LogP contribution < -0.4 is 0 Å². The molecule has 1 N–H and O–H groups in total. The van der Waals surface area contributed by atoms with E-state index in [2.05, 4.69) is 44.3 Å². The van der Waals surface area contributed by atoms with Crippen LogP contribution >= 0.6 is 0 Å². The topological polar surface area (TPSA) is 72.8 Å². The minimum absolute atomic E-state index is 0.0168. The van der Waals surface area contributed by atoms with Gasteiger partial charge in [0.2, 0.25) is 0 Å². The molecule has 3 rings (SSSR count). The summed E-state index contributed by atoms with van der Waals surface area (Å²) in [6, 6.07) is 9.05. The molecule has 0 bridgehead atoms. The molecule has 0 amide bonds. The molecule has 2 aliphatic rings. The molecule has 0 radical (unpaired) electrons. The molecular weight excluding hydrogens is 548 g/mol. The summed E-state index contributed by atoms with van der Waals surface area (Å²) in [4.78, 5) is 24.1. The molecule has 2 unspecified atom stereocenters. The summed E-state index contributed by atoms with van der Waals surface area (Å²) >= 11 is 0. The number of aliphatic hydroxyl groups is 1. The Kier molecular flexibility index (Phi) is 15.7. The van der Waals surface area contributed by atoms with E-state index < -0.39 is 18.0 Å². The normalized spacial score (nSPS) is 23.4. The predicted molar refractivity (Wildman–Crippen MR) is 179 cm³/mol. The molecule has 0 heterocycles. The first kappa shape index (κ1) is 36.1. The summed E-state index contributed by atoms with van der Waals surface area (Å²) in [7, 11) is 0. The number of unbranched alkanes of at least 4 members (excludes halogenated alkanes) is 4. The van der Waals surface area contributed by atoms with Gasteiger partial charge in [-0.25, -0.2) is 9.59 Å². The zero-order valence-corrected chi connectivity index (χ0v) is 28.0. The Bertz CT molecular complexity index is 1030. The Morgan fingerprint density at radius 1 is 0.841 bits per heavy atom. The van der Waals surface area contributed by atoms with E-state index in [0.29, 0.717) is 17.9 Å². The minimum Gasteiger partial charge on any atom is -0.462 e. The lowest BCUT2D eigenvalue weighted by Gasteiger charge is -2.38. The Hall–Kier alpha value is -2.40. The van der Waals surface area contributed by atoms with Crippen LogP contribution in [0.15, 0.2) is 48.6 Å². The fourth-order valence-electron chi connectivity index (χ4n) is 7.22. The van der Waals surface area contributed by atoms with Crippen LogP contribution in [-0.4, -0.2) is 36.4 Å². The van der Waals surface area contributed by atoms with Crippen LogP contribution in [0.2, 0.25) is 0 Å². The van der Waals surface area contributed by atoms with E-state index in [-0.39, 0.29) is 24.7 Å². The van der Waals surface area contributed by atoms with Gasteiger partial charge >= 0.3 is 11.9 Å². The van der Waals surface area contributed by atoms with Gasteiger partial charge in [-0.05, 0) is 100 Å². The van der Waals surface area contributed by atoms with Crippen molar-refractivity contribution in [1.82, 2.24) is 0 Å². The van der Waals surface area contributed by atoms with Gasteiger partial charge in [0.25, 0.3) is 0 Å². The van der Waals surface area contributed by atoms with Gasteiger partial charge in [-0.1, -0.05) is 95.7 Å². The maximum absolute atomic E-state index is 12.2. The second-order valence-corrected chi connectivity index (χ2v) is 13.9. The summed E-state index contributed by atoms with van der Waals surface area (Å²) in [5.41, 5.74) is 3.03. The average molecular weight is 609 g/mol. The standard InChI is InChI=1S/C39H60O5/c1-6-7-8-9-10-11-31-14-18-34(19-15-31)36-22-24-37(25-23-36)35-20-16-32(17-21-35)12-13-33(26-43-38(41)28(2)3)27-44-39(42)29(4)30(5)40/h16-17,20-21,30-31,33-34,36-37,40H,2,4,6-15,18-19,22-27H2,1,3,5H3. The van der Waals surface area contributed by atoms with Crippen molar-refractivity contribution >= 4 is 11.9 Å². The highest BCUT2D eigenvalue weighted by molar-refractivity contribution is 5.88. The number of esters is 2. The smallest absolute Gasteiger partial charge is 0.336 e. The predicted octanol–water partition coefficient (Wildman–Crippen LogP) is 9.28. The van der Waals surface area contributed by atoms with Crippen LogP contribution in [0.1, 0.15) is 134 Å². The number of carbonyl (C=O) groups is 2. The van der Waals surface area contributed by atoms with Crippen molar-refractivity contribution in [2.75, 3.05) is 13.2 Å². The summed E-state index contributed by atoms with van der Waals surface area (Å²) in [6.07, 6.45) is 20.3. The van der Waals surface area contributed by atoms with E-state index in [1.165, 1.54) is 108 Å². The van der Waals surface area contributed by atoms with Gasteiger partial charge in [-0.2, -0.15) is 0 Å². The zero-order valence-electron chi connectivity index (χ0n) is 28.0. The third kappa shape index (κ3) is 12.2. The number of ether oxygens (including phenoxy) is 2. The lowest BCUT2D eigenvalue weighted by atomic mass is 9.68. The quantitative estimate of drug-likeness (QED) is 0.102. The number of hydrogen-bond donors (Lipinski definition) is 1. The maximum Gasteiger partial charge on any atom is 0.336 e. The van der Waals surface area contributed by atoms with Crippen molar-refractivity contribution in [1.29, 1.82) is 0 Å². The molecule has 5 heteroatoms. The first-order valence-electron chi connectivity index (χ1n) is 17.6. The molecule has 0 spiro atoms. The van der Waals surface area contributed by atoms with Crippen LogP contribution in [0.3, 0.4) is 0 Å². The molecule has 0 aromatic heterocycles. The van der Waals surface area contributed by atoms with Gasteiger partial charge in [-0.15, -0.1) is 0 Å². The molecule has 1 aromatic carbocycles.